The lowest BCUT2D eigenvalue weighted by Crippen LogP contribution is -2.31. The lowest BCUT2D eigenvalue weighted by Gasteiger charge is -2.22. The second-order valence-corrected chi connectivity index (χ2v) is 5.68. The predicted octanol–water partition coefficient (Wildman–Crippen LogP) is 2.87. The molecule has 2 heteroatoms. The van der Waals surface area contributed by atoms with E-state index in [0.29, 0.717) is 4.05 Å². The molecular weight excluding hydrogens is 285 g/mol. The van der Waals surface area contributed by atoms with Gasteiger partial charge in [-0.1, -0.05) is 46.9 Å². The second-order valence-electron chi connectivity index (χ2n) is 3.88. The summed E-state index contributed by atoms with van der Waals surface area (Å²) in [6, 6.07) is 8.86. The van der Waals surface area contributed by atoms with Crippen LogP contribution in [-0.4, -0.2) is 22.0 Å². The van der Waals surface area contributed by atoms with Gasteiger partial charge in [0.2, 0.25) is 0 Å². The number of hydrogen-bond donors (Lipinski definition) is 0. The summed E-state index contributed by atoms with van der Waals surface area (Å²) in [5, 5.41) is 0. The summed E-state index contributed by atoms with van der Waals surface area (Å²) in [6.45, 7) is 4.69. The van der Waals surface area contributed by atoms with Gasteiger partial charge in [0.1, 0.15) is 0 Å². The molecule has 14 heavy (non-hydrogen) atoms. The smallest absolute Gasteiger partial charge is 0.0590 e. The van der Waals surface area contributed by atoms with Gasteiger partial charge in [0.15, 0.2) is 0 Å². The fraction of sp³-hybridized carbons (Fsp3) is 0.500. The van der Waals surface area contributed by atoms with Crippen molar-refractivity contribution in [3.05, 3.63) is 35.4 Å². The van der Waals surface area contributed by atoms with E-state index in [1.165, 1.54) is 25.9 Å². The summed E-state index contributed by atoms with van der Waals surface area (Å²) in [7, 11) is 0. The number of benzene rings is 1. The summed E-state index contributed by atoms with van der Waals surface area (Å²) < 4.78 is 0.655. The van der Waals surface area contributed by atoms with Gasteiger partial charge in [0.05, 0.1) is 4.05 Å². The number of nitrogens with zero attached hydrogens (tertiary/aromatic N) is 1. The van der Waals surface area contributed by atoms with Crippen LogP contribution in [0.15, 0.2) is 24.3 Å². The van der Waals surface area contributed by atoms with Gasteiger partial charge in [-0.05, 0) is 30.9 Å². The van der Waals surface area contributed by atoms with Gasteiger partial charge in [-0.2, -0.15) is 0 Å². The van der Waals surface area contributed by atoms with Crippen LogP contribution in [0.5, 0.6) is 0 Å². The highest BCUT2D eigenvalue weighted by Crippen LogP contribution is 2.18. The molecule has 76 valence electrons. The van der Waals surface area contributed by atoms with Gasteiger partial charge in [-0.25, -0.2) is 0 Å². The Balaban J connectivity index is 2.14. The van der Waals surface area contributed by atoms with Gasteiger partial charge in [0.25, 0.3) is 0 Å². The first kappa shape index (κ1) is 10.4. The molecular formula is C12H16IN. The topological polar surface area (TPSA) is 3.24 Å². The van der Waals surface area contributed by atoms with E-state index in [0.717, 1.165) is 0 Å². The van der Waals surface area contributed by atoms with E-state index in [1.54, 1.807) is 11.1 Å². The molecule has 0 fully saturated rings. The zero-order valence-corrected chi connectivity index (χ0v) is 10.7. The first-order chi connectivity index (χ1) is 6.77. The summed E-state index contributed by atoms with van der Waals surface area (Å²) >= 11 is 2.50. The maximum Gasteiger partial charge on any atom is 0.0590 e. The molecule has 0 N–H and O–H groups in total. The maximum atomic E-state index is 2.56. The molecule has 2 rings (SSSR count). The summed E-state index contributed by atoms with van der Waals surface area (Å²) in [5.74, 6) is 0. The first-order valence-corrected chi connectivity index (χ1v) is 6.47. The van der Waals surface area contributed by atoms with Crippen LogP contribution >= 0.6 is 22.6 Å². The van der Waals surface area contributed by atoms with Crippen LogP contribution in [0.2, 0.25) is 0 Å². The van der Waals surface area contributed by atoms with Crippen LogP contribution in [0, 0.1) is 0 Å². The third-order valence-electron chi connectivity index (χ3n) is 2.96. The molecule has 0 spiro atoms. The van der Waals surface area contributed by atoms with Crippen LogP contribution in [0.25, 0.3) is 0 Å². The maximum absolute atomic E-state index is 2.56. The standard InChI is InChI=1S/C12H16IN/c1-10(13)14-8-6-11-4-2-3-5-12(11)7-9-14/h2-5,10H,6-9H2,1H3. The van der Waals surface area contributed by atoms with Crippen molar-refractivity contribution in [2.24, 2.45) is 0 Å². The molecule has 1 aliphatic rings. The van der Waals surface area contributed by atoms with Crippen molar-refractivity contribution < 1.29 is 0 Å². The Morgan fingerprint density at radius 1 is 1.14 bits per heavy atom. The third-order valence-corrected chi connectivity index (χ3v) is 3.75. The van der Waals surface area contributed by atoms with Crippen molar-refractivity contribution in [1.29, 1.82) is 0 Å². The molecule has 0 radical (unpaired) electrons. The molecule has 1 heterocycles. The minimum Gasteiger partial charge on any atom is -0.291 e. The van der Waals surface area contributed by atoms with Crippen molar-refractivity contribution in [3.63, 3.8) is 0 Å². The minimum absolute atomic E-state index is 0.655. The monoisotopic (exact) mass is 301 g/mol. The Morgan fingerprint density at radius 3 is 2.07 bits per heavy atom. The SMILES string of the molecule is CC(I)N1CCc2ccccc2CC1. The molecule has 0 saturated carbocycles. The highest BCUT2D eigenvalue weighted by molar-refractivity contribution is 14.1. The van der Waals surface area contributed by atoms with Crippen LogP contribution < -0.4 is 0 Å². The lowest BCUT2D eigenvalue weighted by atomic mass is 10.0. The van der Waals surface area contributed by atoms with Crippen LogP contribution in [0.4, 0.5) is 0 Å². The number of hydrogen-bond acceptors (Lipinski definition) is 1. The average Bonchev–Trinajstić information content (AvgIpc) is 2.39. The molecule has 1 aromatic carbocycles. The molecule has 1 atom stereocenters. The van der Waals surface area contributed by atoms with Crippen molar-refractivity contribution in [2.75, 3.05) is 13.1 Å². The number of halogens is 1. The van der Waals surface area contributed by atoms with E-state index in [1.807, 2.05) is 0 Å². The van der Waals surface area contributed by atoms with Gasteiger partial charge >= 0.3 is 0 Å². The van der Waals surface area contributed by atoms with Crippen LogP contribution in [0.1, 0.15) is 18.1 Å². The largest absolute Gasteiger partial charge is 0.291 e. The van der Waals surface area contributed by atoms with Crippen LogP contribution in [0.3, 0.4) is 0 Å². The Bertz CT molecular complexity index is 282. The minimum atomic E-state index is 0.655. The summed E-state index contributed by atoms with van der Waals surface area (Å²) in [4.78, 5) is 2.56. The van der Waals surface area contributed by atoms with Gasteiger partial charge in [0, 0.05) is 13.1 Å². The van der Waals surface area contributed by atoms with Gasteiger partial charge in [-0.3, -0.25) is 4.90 Å². The molecule has 0 aliphatic carbocycles. The number of rotatable bonds is 1. The zero-order valence-electron chi connectivity index (χ0n) is 8.54. The fourth-order valence-corrected chi connectivity index (χ4v) is 2.60. The Morgan fingerprint density at radius 2 is 1.64 bits per heavy atom. The molecule has 1 unspecified atom stereocenters. The molecule has 1 aliphatic heterocycles. The van der Waals surface area contributed by atoms with Crippen molar-refractivity contribution in [3.8, 4) is 0 Å². The van der Waals surface area contributed by atoms with Gasteiger partial charge < -0.3 is 0 Å². The van der Waals surface area contributed by atoms with Crippen LogP contribution in [-0.2, 0) is 12.8 Å². The summed E-state index contributed by atoms with van der Waals surface area (Å²) in [5.41, 5.74) is 3.10. The van der Waals surface area contributed by atoms with Gasteiger partial charge in [-0.15, -0.1) is 0 Å². The predicted molar refractivity (Wildman–Crippen MR) is 68.9 cm³/mol. The lowest BCUT2D eigenvalue weighted by molar-refractivity contribution is 0.291. The van der Waals surface area contributed by atoms with Crippen molar-refractivity contribution in [1.82, 2.24) is 4.90 Å². The molecule has 0 aromatic heterocycles. The van der Waals surface area contributed by atoms with E-state index in [2.05, 4.69) is 58.7 Å². The average molecular weight is 301 g/mol. The molecule has 0 bridgehead atoms. The molecule has 1 aromatic rings. The third kappa shape index (κ3) is 2.28. The molecule has 1 nitrogen and oxygen atoms in total. The Labute approximate surface area is 99.6 Å². The van der Waals surface area contributed by atoms with E-state index in [4.69, 9.17) is 0 Å². The number of fused-ring (bicyclic) bond motifs is 1. The Hall–Kier alpha value is -0.0900. The zero-order chi connectivity index (χ0) is 9.97. The summed E-state index contributed by atoms with van der Waals surface area (Å²) in [6.07, 6.45) is 2.42. The second kappa shape index (κ2) is 4.62. The quantitative estimate of drug-likeness (QED) is 0.438. The Kier molecular flexibility index (Phi) is 3.44. The van der Waals surface area contributed by atoms with E-state index in [-0.39, 0.29) is 0 Å². The molecule has 0 saturated heterocycles. The van der Waals surface area contributed by atoms with Crippen molar-refractivity contribution >= 4 is 22.6 Å². The van der Waals surface area contributed by atoms with E-state index >= 15 is 0 Å². The fourth-order valence-electron chi connectivity index (χ4n) is 2.04. The first-order valence-electron chi connectivity index (χ1n) is 5.22. The highest BCUT2D eigenvalue weighted by Gasteiger charge is 2.15. The number of alkyl halides is 1. The molecule has 0 amide bonds. The van der Waals surface area contributed by atoms with E-state index in [9.17, 15) is 0 Å². The highest BCUT2D eigenvalue weighted by atomic mass is 127. The normalized spacial score (nSPS) is 19.9. The van der Waals surface area contributed by atoms with E-state index < -0.39 is 0 Å². The van der Waals surface area contributed by atoms with Crippen molar-refractivity contribution in [2.45, 2.75) is 23.8 Å².